The van der Waals surface area contributed by atoms with Crippen LogP contribution in [0.15, 0.2) is 41.8 Å². The van der Waals surface area contributed by atoms with Gasteiger partial charge in [-0.2, -0.15) is 0 Å². The summed E-state index contributed by atoms with van der Waals surface area (Å²) in [4.78, 5) is 25.7. The van der Waals surface area contributed by atoms with E-state index in [4.69, 9.17) is 0 Å². The minimum absolute atomic E-state index is 0.0119. The van der Waals surface area contributed by atoms with Gasteiger partial charge in [-0.3, -0.25) is 9.59 Å². The molecule has 0 radical (unpaired) electrons. The summed E-state index contributed by atoms with van der Waals surface area (Å²) >= 11 is 1.38. The van der Waals surface area contributed by atoms with Crippen LogP contribution in [0.2, 0.25) is 0 Å². The highest BCUT2D eigenvalue weighted by Gasteiger charge is 2.15. The maximum Gasteiger partial charge on any atom is 0.262 e. The number of amides is 2. The predicted octanol–water partition coefficient (Wildman–Crippen LogP) is 2.23. The van der Waals surface area contributed by atoms with E-state index in [-0.39, 0.29) is 18.4 Å². The van der Waals surface area contributed by atoms with Gasteiger partial charge in [0, 0.05) is 19.7 Å². The number of hydrogen-bond donors (Lipinski definition) is 1. The first-order valence-electron chi connectivity index (χ1n) is 6.21. The fraction of sp³-hybridized carbons (Fsp3) is 0.200. The Balaban J connectivity index is 2.12. The molecule has 20 heavy (non-hydrogen) atoms. The Morgan fingerprint density at radius 1 is 1.15 bits per heavy atom. The Morgan fingerprint density at radius 3 is 2.50 bits per heavy atom. The molecule has 0 bridgehead atoms. The van der Waals surface area contributed by atoms with Crippen LogP contribution in [0, 0.1) is 0 Å². The topological polar surface area (TPSA) is 49.4 Å². The van der Waals surface area contributed by atoms with Gasteiger partial charge in [0.1, 0.15) is 0 Å². The standard InChI is InChI=1S/C15H16N2O2S/c1-17(2)13(18)10-16-15(19)14-12(8-9-20-14)11-6-4-3-5-7-11/h3-9H,10H2,1-2H3,(H,16,19). The molecule has 0 aliphatic heterocycles. The van der Waals surface area contributed by atoms with Crippen LogP contribution in [0.1, 0.15) is 9.67 Å². The summed E-state index contributed by atoms with van der Waals surface area (Å²) in [5, 5.41) is 4.54. The van der Waals surface area contributed by atoms with Crippen LogP contribution in [-0.4, -0.2) is 37.4 Å². The molecule has 1 N–H and O–H groups in total. The highest BCUT2D eigenvalue weighted by atomic mass is 32.1. The number of rotatable bonds is 4. The van der Waals surface area contributed by atoms with E-state index in [0.29, 0.717) is 4.88 Å². The average Bonchev–Trinajstić information content (AvgIpc) is 2.94. The molecular weight excluding hydrogens is 272 g/mol. The lowest BCUT2D eigenvalue weighted by molar-refractivity contribution is -0.127. The van der Waals surface area contributed by atoms with E-state index in [2.05, 4.69) is 5.32 Å². The lowest BCUT2D eigenvalue weighted by Crippen LogP contribution is -2.36. The van der Waals surface area contributed by atoms with Gasteiger partial charge in [0.15, 0.2) is 0 Å². The molecule has 0 unspecified atom stereocenters. The average molecular weight is 288 g/mol. The molecule has 1 heterocycles. The third-order valence-electron chi connectivity index (χ3n) is 2.86. The Morgan fingerprint density at radius 2 is 1.85 bits per heavy atom. The summed E-state index contributed by atoms with van der Waals surface area (Å²) in [6.07, 6.45) is 0. The zero-order valence-corrected chi connectivity index (χ0v) is 12.2. The summed E-state index contributed by atoms with van der Waals surface area (Å²) in [7, 11) is 3.32. The minimum atomic E-state index is -0.214. The minimum Gasteiger partial charge on any atom is -0.347 e. The molecule has 0 atom stereocenters. The molecular formula is C15H16N2O2S. The predicted molar refractivity (Wildman–Crippen MR) is 80.8 cm³/mol. The van der Waals surface area contributed by atoms with Gasteiger partial charge in [-0.05, 0) is 17.0 Å². The Labute approximate surface area is 122 Å². The molecule has 0 saturated carbocycles. The zero-order chi connectivity index (χ0) is 14.5. The van der Waals surface area contributed by atoms with Crippen molar-refractivity contribution in [3.05, 3.63) is 46.7 Å². The second-order valence-electron chi connectivity index (χ2n) is 4.50. The molecule has 0 aliphatic rings. The Kier molecular flexibility index (Phi) is 4.53. The van der Waals surface area contributed by atoms with E-state index >= 15 is 0 Å². The van der Waals surface area contributed by atoms with Crippen molar-refractivity contribution in [1.82, 2.24) is 10.2 Å². The second kappa shape index (κ2) is 6.34. The molecule has 1 aromatic carbocycles. The van der Waals surface area contributed by atoms with Gasteiger partial charge in [-0.15, -0.1) is 11.3 Å². The van der Waals surface area contributed by atoms with Gasteiger partial charge in [-0.1, -0.05) is 30.3 Å². The van der Waals surface area contributed by atoms with Crippen LogP contribution >= 0.6 is 11.3 Å². The van der Waals surface area contributed by atoms with Gasteiger partial charge in [0.2, 0.25) is 5.91 Å². The summed E-state index contributed by atoms with van der Waals surface area (Å²) < 4.78 is 0. The van der Waals surface area contributed by atoms with E-state index in [1.54, 1.807) is 14.1 Å². The number of thiophene rings is 1. The fourth-order valence-electron chi connectivity index (χ4n) is 1.72. The van der Waals surface area contributed by atoms with Crippen molar-refractivity contribution >= 4 is 23.2 Å². The summed E-state index contributed by atoms with van der Waals surface area (Å²) in [6, 6.07) is 11.6. The van der Waals surface area contributed by atoms with Crippen LogP contribution < -0.4 is 5.32 Å². The number of benzene rings is 1. The third kappa shape index (κ3) is 3.24. The maximum absolute atomic E-state index is 12.2. The van der Waals surface area contributed by atoms with Crippen molar-refractivity contribution in [2.45, 2.75) is 0 Å². The Bertz CT molecular complexity index is 605. The second-order valence-corrected chi connectivity index (χ2v) is 5.42. The van der Waals surface area contributed by atoms with Crippen molar-refractivity contribution in [3.63, 3.8) is 0 Å². The van der Waals surface area contributed by atoms with Crippen molar-refractivity contribution in [3.8, 4) is 11.1 Å². The molecule has 2 aromatic rings. The van der Waals surface area contributed by atoms with Crippen LogP contribution in [0.4, 0.5) is 0 Å². The maximum atomic E-state index is 12.2. The lowest BCUT2D eigenvalue weighted by Gasteiger charge is -2.11. The first kappa shape index (κ1) is 14.3. The van der Waals surface area contributed by atoms with Crippen LogP contribution in [-0.2, 0) is 4.79 Å². The molecule has 104 valence electrons. The van der Waals surface area contributed by atoms with Crippen molar-refractivity contribution in [1.29, 1.82) is 0 Å². The first-order valence-corrected chi connectivity index (χ1v) is 7.09. The van der Waals surface area contributed by atoms with E-state index in [1.807, 2.05) is 41.8 Å². The van der Waals surface area contributed by atoms with E-state index < -0.39 is 0 Å². The van der Waals surface area contributed by atoms with Gasteiger partial charge in [0.05, 0.1) is 11.4 Å². The third-order valence-corrected chi connectivity index (χ3v) is 3.77. The smallest absolute Gasteiger partial charge is 0.262 e. The largest absolute Gasteiger partial charge is 0.347 e. The number of carbonyl (C=O) groups excluding carboxylic acids is 2. The molecule has 0 aliphatic carbocycles. The van der Waals surface area contributed by atoms with E-state index in [1.165, 1.54) is 16.2 Å². The summed E-state index contributed by atoms with van der Waals surface area (Å²) in [5.74, 6) is -0.342. The SMILES string of the molecule is CN(C)C(=O)CNC(=O)c1sccc1-c1ccccc1. The lowest BCUT2D eigenvalue weighted by atomic mass is 10.1. The highest BCUT2D eigenvalue weighted by Crippen LogP contribution is 2.27. The van der Waals surface area contributed by atoms with Crippen LogP contribution in [0.5, 0.6) is 0 Å². The first-order chi connectivity index (χ1) is 9.59. The number of hydrogen-bond acceptors (Lipinski definition) is 3. The monoisotopic (exact) mass is 288 g/mol. The van der Waals surface area contributed by atoms with Crippen molar-refractivity contribution in [2.24, 2.45) is 0 Å². The van der Waals surface area contributed by atoms with Gasteiger partial charge in [0.25, 0.3) is 5.91 Å². The molecule has 4 nitrogen and oxygen atoms in total. The zero-order valence-electron chi connectivity index (χ0n) is 11.4. The number of carbonyl (C=O) groups is 2. The summed E-state index contributed by atoms with van der Waals surface area (Å²) in [6.45, 7) is 0.0119. The van der Waals surface area contributed by atoms with Gasteiger partial charge in [-0.25, -0.2) is 0 Å². The van der Waals surface area contributed by atoms with Crippen molar-refractivity contribution < 1.29 is 9.59 Å². The van der Waals surface area contributed by atoms with E-state index in [9.17, 15) is 9.59 Å². The molecule has 2 rings (SSSR count). The molecule has 5 heteroatoms. The number of nitrogens with one attached hydrogen (secondary N) is 1. The normalized spacial score (nSPS) is 10.1. The molecule has 0 fully saturated rings. The number of nitrogens with zero attached hydrogens (tertiary/aromatic N) is 1. The van der Waals surface area contributed by atoms with Gasteiger partial charge >= 0.3 is 0 Å². The highest BCUT2D eigenvalue weighted by molar-refractivity contribution is 7.12. The Hall–Kier alpha value is -2.14. The van der Waals surface area contributed by atoms with Crippen LogP contribution in [0.3, 0.4) is 0 Å². The fourth-order valence-corrected chi connectivity index (χ4v) is 2.56. The molecule has 2 amide bonds. The van der Waals surface area contributed by atoms with Gasteiger partial charge < -0.3 is 10.2 Å². The molecule has 0 saturated heterocycles. The van der Waals surface area contributed by atoms with E-state index in [0.717, 1.165) is 11.1 Å². The summed E-state index contributed by atoms with van der Waals surface area (Å²) in [5.41, 5.74) is 1.89. The quantitative estimate of drug-likeness (QED) is 0.938. The molecule has 0 spiro atoms. The number of likely N-dealkylation sites (N-methyl/N-ethyl adjacent to an activating group) is 1. The molecule has 1 aromatic heterocycles. The van der Waals surface area contributed by atoms with Crippen LogP contribution in [0.25, 0.3) is 11.1 Å². The van der Waals surface area contributed by atoms with Crippen molar-refractivity contribution in [2.75, 3.05) is 20.6 Å².